The molecule has 4 rings (SSSR count). The standard InChI is InChI=1S/C32H33N3O7S/c1-6-15-41-24-13-11-22(19-26(24)39-8-3)29-28(31(37)40-9-4)20(5)34-32-35(29)30(36)27(43-32)18-21-10-12-23(42-16-14-33)25(17-21)38-7-2/h6,10-13,17-19,29H,1,7-9,15-16H2,2-5H3/b27-18+. The molecule has 2 aromatic carbocycles. The van der Waals surface area contributed by atoms with Crippen molar-refractivity contribution in [1.82, 2.24) is 4.57 Å². The average Bonchev–Trinajstić information content (AvgIpc) is 3.29. The van der Waals surface area contributed by atoms with E-state index in [1.54, 1.807) is 62.4 Å². The number of nitrogens with zero attached hydrogens (tertiary/aromatic N) is 3. The summed E-state index contributed by atoms with van der Waals surface area (Å²) < 4.78 is 30.1. The van der Waals surface area contributed by atoms with Crippen LogP contribution in [0.15, 0.2) is 70.1 Å². The first-order valence-corrected chi connectivity index (χ1v) is 14.6. The van der Waals surface area contributed by atoms with E-state index in [0.29, 0.717) is 69.0 Å². The zero-order chi connectivity index (χ0) is 30.9. The molecule has 0 N–H and O–H groups in total. The molecular weight excluding hydrogens is 570 g/mol. The number of aromatic nitrogens is 1. The van der Waals surface area contributed by atoms with E-state index in [0.717, 1.165) is 0 Å². The first kappa shape index (κ1) is 31.1. The number of thiazole rings is 1. The second-order valence-electron chi connectivity index (χ2n) is 9.13. The first-order chi connectivity index (χ1) is 20.9. The molecule has 0 radical (unpaired) electrons. The van der Waals surface area contributed by atoms with Crippen LogP contribution in [0.1, 0.15) is 44.9 Å². The molecule has 0 amide bonds. The zero-order valence-corrected chi connectivity index (χ0v) is 25.4. The topological polar surface area (TPSA) is 121 Å². The van der Waals surface area contributed by atoms with Crippen LogP contribution in [0.4, 0.5) is 0 Å². The number of nitriles is 1. The van der Waals surface area contributed by atoms with E-state index in [1.165, 1.54) is 15.9 Å². The minimum absolute atomic E-state index is 0.119. The van der Waals surface area contributed by atoms with Crippen molar-refractivity contribution < 1.29 is 28.5 Å². The fraction of sp³-hybridized carbons (Fsp3) is 0.312. The molecule has 1 atom stereocenters. The van der Waals surface area contributed by atoms with E-state index in [9.17, 15) is 9.59 Å². The van der Waals surface area contributed by atoms with Crippen LogP contribution in [0, 0.1) is 11.3 Å². The molecule has 1 aliphatic heterocycles. The van der Waals surface area contributed by atoms with Crippen LogP contribution in [-0.4, -0.2) is 43.6 Å². The predicted octanol–water partition coefficient (Wildman–Crippen LogP) is 4.06. The van der Waals surface area contributed by atoms with Gasteiger partial charge in [-0.15, -0.1) is 0 Å². The number of ether oxygens (including phenoxy) is 5. The van der Waals surface area contributed by atoms with Crippen molar-refractivity contribution in [3.63, 3.8) is 0 Å². The molecule has 0 saturated carbocycles. The maximum atomic E-state index is 14.0. The molecule has 1 unspecified atom stereocenters. The summed E-state index contributed by atoms with van der Waals surface area (Å²) in [4.78, 5) is 32.4. The van der Waals surface area contributed by atoms with Crippen molar-refractivity contribution in [2.24, 2.45) is 4.99 Å². The Balaban J connectivity index is 1.89. The molecule has 2 heterocycles. The number of rotatable bonds is 13. The van der Waals surface area contributed by atoms with Crippen LogP contribution in [-0.2, 0) is 9.53 Å². The molecular formula is C32H33N3O7S. The third kappa shape index (κ3) is 6.81. The second-order valence-corrected chi connectivity index (χ2v) is 10.1. The lowest BCUT2D eigenvalue weighted by Crippen LogP contribution is -2.40. The highest BCUT2D eigenvalue weighted by atomic mass is 32.1. The van der Waals surface area contributed by atoms with Crippen molar-refractivity contribution in [2.75, 3.05) is 33.0 Å². The Hall–Kier alpha value is -4.82. The van der Waals surface area contributed by atoms with Gasteiger partial charge in [0.1, 0.15) is 12.7 Å². The molecule has 3 aromatic rings. The lowest BCUT2D eigenvalue weighted by molar-refractivity contribution is -0.139. The van der Waals surface area contributed by atoms with Crippen LogP contribution in [0.2, 0.25) is 0 Å². The highest BCUT2D eigenvalue weighted by Gasteiger charge is 2.34. The maximum absolute atomic E-state index is 14.0. The number of carbonyl (C=O) groups excluding carboxylic acids is 1. The zero-order valence-electron chi connectivity index (χ0n) is 24.5. The predicted molar refractivity (Wildman–Crippen MR) is 162 cm³/mol. The molecule has 43 heavy (non-hydrogen) atoms. The number of hydrogen-bond acceptors (Lipinski definition) is 10. The maximum Gasteiger partial charge on any atom is 0.338 e. The van der Waals surface area contributed by atoms with Crippen LogP contribution in [0.5, 0.6) is 23.0 Å². The van der Waals surface area contributed by atoms with Gasteiger partial charge < -0.3 is 23.7 Å². The van der Waals surface area contributed by atoms with Crippen molar-refractivity contribution in [1.29, 1.82) is 5.26 Å². The Morgan fingerprint density at radius 1 is 1.02 bits per heavy atom. The van der Waals surface area contributed by atoms with Gasteiger partial charge in [0.2, 0.25) is 0 Å². The summed E-state index contributed by atoms with van der Waals surface area (Å²) in [5.74, 6) is 1.33. The number of esters is 1. The lowest BCUT2D eigenvalue weighted by atomic mass is 9.95. The molecule has 0 spiro atoms. The largest absolute Gasteiger partial charge is 0.490 e. The van der Waals surface area contributed by atoms with Crippen LogP contribution >= 0.6 is 11.3 Å². The number of fused-ring (bicyclic) bond motifs is 1. The summed E-state index contributed by atoms with van der Waals surface area (Å²) in [7, 11) is 0. The van der Waals surface area contributed by atoms with Gasteiger partial charge in [-0.2, -0.15) is 5.26 Å². The van der Waals surface area contributed by atoms with Gasteiger partial charge in [-0.05, 0) is 69.2 Å². The highest BCUT2D eigenvalue weighted by molar-refractivity contribution is 7.07. The van der Waals surface area contributed by atoms with Crippen LogP contribution in [0.25, 0.3) is 6.08 Å². The van der Waals surface area contributed by atoms with Gasteiger partial charge in [0.05, 0.1) is 41.7 Å². The molecule has 224 valence electrons. The Labute approximate surface area is 253 Å². The van der Waals surface area contributed by atoms with Crippen LogP contribution < -0.4 is 33.8 Å². The number of allylic oxidation sites excluding steroid dienone is 1. The quantitative estimate of drug-likeness (QED) is 0.212. The summed E-state index contributed by atoms with van der Waals surface area (Å²) in [5, 5.41) is 8.89. The van der Waals surface area contributed by atoms with Gasteiger partial charge in [-0.1, -0.05) is 36.1 Å². The Kier molecular flexibility index (Phi) is 10.4. The van der Waals surface area contributed by atoms with Gasteiger partial charge >= 0.3 is 5.97 Å². The SMILES string of the molecule is C=CCOc1ccc(C2C(C(=O)OCC)=C(C)N=c3s/c(=C/c4ccc(OCC#N)c(OCC)c4)c(=O)n32)cc1OCC. The molecule has 1 aromatic heterocycles. The molecule has 0 aliphatic carbocycles. The fourth-order valence-corrected chi connectivity index (χ4v) is 5.65. The summed E-state index contributed by atoms with van der Waals surface area (Å²) in [6.07, 6.45) is 3.37. The monoisotopic (exact) mass is 603 g/mol. The normalized spacial score (nSPS) is 14.3. The summed E-state index contributed by atoms with van der Waals surface area (Å²) in [6.45, 7) is 12.0. The van der Waals surface area contributed by atoms with E-state index < -0.39 is 12.0 Å². The summed E-state index contributed by atoms with van der Waals surface area (Å²) in [5.41, 5.74) is 1.73. The first-order valence-electron chi connectivity index (χ1n) is 13.8. The second kappa shape index (κ2) is 14.4. The summed E-state index contributed by atoms with van der Waals surface area (Å²) >= 11 is 1.21. The van der Waals surface area contributed by atoms with Crippen LogP contribution in [0.3, 0.4) is 0 Å². The fourth-order valence-electron chi connectivity index (χ4n) is 4.60. The average molecular weight is 604 g/mol. The Morgan fingerprint density at radius 3 is 2.40 bits per heavy atom. The molecule has 11 heteroatoms. The minimum atomic E-state index is -0.814. The number of hydrogen-bond donors (Lipinski definition) is 0. The molecule has 10 nitrogen and oxygen atoms in total. The molecule has 0 fully saturated rings. The van der Waals surface area contributed by atoms with Gasteiger partial charge in [-0.3, -0.25) is 9.36 Å². The van der Waals surface area contributed by atoms with Gasteiger partial charge in [0.15, 0.2) is 34.4 Å². The Morgan fingerprint density at radius 2 is 1.72 bits per heavy atom. The third-order valence-corrected chi connectivity index (χ3v) is 7.30. The van der Waals surface area contributed by atoms with Crippen molar-refractivity contribution in [2.45, 2.75) is 33.7 Å². The van der Waals surface area contributed by atoms with Crippen molar-refractivity contribution in [3.8, 4) is 29.1 Å². The van der Waals surface area contributed by atoms with E-state index >= 15 is 0 Å². The smallest absolute Gasteiger partial charge is 0.338 e. The number of carbonyl (C=O) groups is 1. The third-order valence-electron chi connectivity index (χ3n) is 6.31. The van der Waals surface area contributed by atoms with E-state index in [2.05, 4.69) is 11.6 Å². The van der Waals surface area contributed by atoms with Gasteiger partial charge in [0.25, 0.3) is 5.56 Å². The van der Waals surface area contributed by atoms with E-state index in [-0.39, 0.29) is 24.3 Å². The Bertz CT molecular complexity index is 1760. The summed E-state index contributed by atoms with van der Waals surface area (Å²) in [6, 6.07) is 11.7. The molecule has 1 aliphatic rings. The van der Waals surface area contributed by atoms with Gasteiger partial charge in [-0.25, -0.2) is 9.79 Å². The van der Waals surface area contributed by atoms with Gasteiger partial charge in [0, 0.05) is 0 Å². The van der Waals surface area contributed by atoms with E-state index in [4.69, 9.17) is 28.9 Å². The molecule has 0 saturated heterocycles. The number of benzene rings is 2. The molecule has 0 bridgehead atoms. The van der Waals surface area contributed by atoms with E-state index in [1.807, 2.05) is 19.9 Å². The van der Waals surface area contributed by atoms with Crippen molar-refractivity contribution in [3.05, 3.63) is 91.1 Å². The highest BCUT2D eigenvalue weighted by Crippen LogP contribution is 2.36. The minimum Gasteiger partial charge on any atom is -0.490 e. The lowest BCUT2D eigenvalue weighted by Gasteiger charge is -2.25. The van der Waals surface area contributed by atoms with Crippen molar-refractivity contribution >= 4 is 23.4 Å².